The van der Waals surface area contributed by atoms with Gasteiger partial charge in [0.2, 0.25) is 21.8 Å². The van der Waals surface area contributed by atoms with E-state index in [0.29, 0.717) is 0 Å². The molecule has 0 saturated heterocycles. The number of aryl methyl sites for hydroxylation is 1. The van der Waals surface area contributed by atoms with Gasteiger partial charge in [0.15, 0.2) is 0 Å². The second kappa shape index (κ2) is 14.5. The van der Waals surface area contributed by atoms with Crippen LogP contribution in [0.4, 0.5) is 10.1 Å². The molecule has 0 unspecified atom stereocenters. The number of anilines is 1. The van der Waals surface area contributed by atoms with Crippen LogP contribution in [0, 0.1) is 12.7 Å². The number of amides is 2. The summed E-state index contributed by atoms with van der Waals surface area (Å²) in [5, 5.41) is 3.14. The van der Waals surface area contributed by atoms with Crippen molar-refractivity contribution in [2.75, 3.05) is 24.2 Å². The molecule has 1 aliphatic rings. The first-order chi connectivity index (χ1) is 20.6. The number of halogens is 1. The summed E-state index contributed by atoms with van der Waals surface area (Å²) in [6.07, 6.45) is 6.01. The number of hydrogen-bond donors (Lipinski definition) is 1. The maximum Gasteiger partial charge on any atom is 0.244 e. The molecule has 1 aliphatic carbocycles. The van der Waals surface area contributed by atoms with Crippen molar-refractivity contribution in [2.45, 2.75) is 64.1 Å². The molecule has 0 heterocycles. The number of carbonyl (C=O) groups is 2. The molecule has 230 valence electrons. The summed E-state index contributed by atoms with van der Waals surface area (Å²) in [7, 11) is -2.55. The third-order valence-corrected chi connectivity index (χ3v) is 8.93. The first kappa shape index (κ1) is 32.0. The average molecular weight is 610 g/mol. The number of nitrogens with zero attached hydrogens (tertiary/aromatic N) is 2. The Bertz CT molecular complexity index is 1510. The lowest BCUT2D eigenvalue weighted by molar-refractivity contribution is -0.140. The molecule has 0 radical (unpaired) electrons. The maximum absolute atomic E-state index is 15.0. The number of nitrogens with one attached hydrogen (secondary N) is 1. The van der Waals surface area contributed by atoms with Gasteiger partial charge in [-0.25, -0.2) is 12.8 Å². The summed E-state index contributed by atoms with van der Waals surface area (Å²) >= 11 is 0. The summed E-state index contributed by atoms with van der Waals surface area (Å²) < 4.78 is 47.6. The van der Waals surface area contributed by atoms with Crippen LogP contribution in [-0.4, -0.2) is 57.1 Å². The zero-order chi connectivity index (χ0) is 31.0. The lowest BCUT2D eigenvalue weighted by Crippen LogP contribution is -2.55. The largest absolute Gasteiger partial charge is 0.495 e. The molecule has 1 N–H and O–H groups in total. The third-order valence-electron chi connectivity index (χ3n) is 7.80. The van der Waals surface area contributed by atoms with Gasteiger partial charge in [-0.1, -0.05) is 73.9 Å². The van der Waals surface area contributed by atoms with Gasteiger partial charge < -0.3 is 15.0 Å². The Morgan fingerprint density at radius 3 is 2.33 bits per heavy atom. The van der Waals surface area contributed by atoms with Crippen LogP contribution in [0.2, 0.25) is 0 Å². The molecule has 1 fully saturated rings. The Morgan fingerprint density at radius 2 is 1.67 bits per heavy atom. The Kier molecular flexibility index (Phi) is 10.8. The Morgan fingerprint density at radius 1 is 1.00 bits per heavy atom. The van der Waals surface area contributed by atoms with Crippen molar-refractivity contribution in [2.24, 2.45) is 0 Å². The van der Waals surface area contributed by atoms with Crippen LogP contribution in [0.3, 0.4) is 0 Å². The summed E-state index contributed by atoms with van der Waals surface area (Å²) in [6, 6.07) is 19.4. The van der Waals surface area contributed by atoms with E-state index in [0.717, 1.165) is 53.8 Å². The normalized spacial score (nSPS) is 14.5. The SMILES string of the molecule is COc1ccc(C)cc1N(CC(=O)N(Cc1ccccc1F)[C@@H](Cc1ccccc1)C(=O)NC1CCCCC1)S(C)(=O)=O. The molecule has 3 aromatic carbocycles. The van der Waals surface area contributed by atoms with Gasteiger partial charge in [-0.05, 0) is 49.1 Å². The van der Waals surface area contributed by atoms with Crippen molar-refractivity contribution in [3.05, 3.63) is 95.3 Å². The Labute approximate surface area is 253 Å². The maximum atomic E-state index is 15.0. The lowest BCUT2D eigenvalue weighted by atomic mass is 9.94. The molecule has 0 aromatic heterocycles. The minimum Gasteiger partial charge on any atom is -0.495 e. The molecule has 43 heavy (non-hydrogen) atoms. The summed E-state index contributed by atoms with van der Waals surface area (Å²) in [5.74, 6) is -1.23. The van der Waals surface area contributed by atoms with E-state index in [2.05, 4.69) is 5.32 Å². The smallest absolute Gasteiger partial charge is 0.244 e. The minimum absolute atomic E-state index is 0.0194. The fraction of sp³-hybridized carbons (Fsp3) is 0.394. The second-order valence-corrected chi connectivity index (χ2v) is 13.0. The van der Waals surface area contributed by atoms with E-state index in [4.69, 9.17) is 4.74 Å². The van der Waals surface area contributed by atoms with Gasteiger partial charge in [0.25, 0.3) is 0 Å². The van der Waals surface area contributed by atoms with E-state index < -0.39 is 34.3 Å². The van der Waals surface area contributed by atoms with Crippen LogP contribution in [0.15, 0.2) is 72.8 Å². The first-order valence-corrected chi connectivity index (χ1v) is 16.4. The van der Waals surface area contributed by atoms with Gasteiger partial charge in [0.05, 0.1) is 19.1 Å². The molecular weight excluding hydrogens is 569 g/mol. The molecule has 10 heteroatoms. The number of hydrogen-bond acceptors (Lipinski definition) is 5. The molecule has 0 aliphatic heterocycles. The van der Waals surface area contributed by atoms with Crippen molar-refractivity contribution >= 4 is 27.5 Å². The monoisotopic (exact) mass is 609 g/mol. The lowest BCUT2D eigenvalue weighted by Gasteiger charge is -2.35. The minimum atomic E-state index is -3.97. The zero-order valence-corrected chi connectivity index (χ0v) is 25.8. The van der Waals surface area contributed by atoms with Crippen molar-refractivity contribution in [3.8, 4) is 5.75 Å². The van der Waals surface area contributed by atoms with Gasteiger partial charge in [-0.15, -0.1) is 0 Å². The topological polar surface area (TPSA) is 96.0 Å². The van der Waals surface area contributed by atoms with Crippen LogP contribution in [0.5, 0.6) is 5.75 Å². The Hall–Kier alpha value is -3.92. The summed E-state index contributed by atoms with van der Waals surface area (Å²) in [5.41, 5.74) is 2.01. The molecule has 2 amide bonds. The van der Waals surface area contributed by atoms with Crippen LogP contribution in [0.25, 0.3) is 0 Å². The van der Waals surface area contributed by atoms with Crippen LogP contribution in [-0.2, 0) is 32.6 Å². The van der Waals surface area contributed by atoms with Crippen LogP contribution >= 0.6 is 0 Å². The number of rotatable bonds is 12. The van der Waals surface area contributed by atoms with E-state index in [1.807, 2.05) is 30.3 Å². The van der Waals surface area contributed by atoms with E-state index >= 15 is 0 Å². The number of sulfonamides is 1. The molecule has 1 saturated carbocycles. The predicted octanol–water partition coefficient (Wildman–Crippen LogP) is 5.00. The highest BCUT2D eigenvalue weighted by molar-refractivity contribution is 7.92. The highest BCUT2D eigenvalue weighted by atomic mass is 32.2. The molecule has 3 aromatic rings. The van der Waals surface area contributed by atoms with Crippen molar-refractivity contribution < 1.29 is 27.1 Å². The van der Waals surface area contributed by atoms with Crippen molar-refractivity contribution in [1.29, 1.82) is 0 Å². The predicted molar refractivity (Wildman–Crippen MR) is 166 cm³/mol. The van der Waals surface area contributed by atoms with E-state index in [-0.39, 0.29) is 41.9 Å². The highest BCUT2D eigenvalue weighted by Crippen LogP contribution is 2.31. The number of ether oxygens (including phenoxy) is 1. The molecular formula is C33H40FN3O5S. The highest BCUT2D eigenvalue weighted by Gasteiger charge is 2.35. The van der Waals surface area contributed by atoms with Crippen molar-refractivity contribution in [1.82, 2.24) is 10.2 Å². The van der Waals surface area contributed by atoms with Crippen molar-refractivity contribution in [3.63, 3.8) is 0 Å². The fourth-order valence-electron chi connectivity index (χ4n) is 5.50. The number of carbonyl (C=O) groups excluding carboxylic acids is 2. The van der Waals surface area contributed by atoms with Gasteiger partial charge in [-0.2, -0.15) is 0 Å². The molecule has 4 rings (SSSR count). The van der Waals surface area contributed by atoms with Crippen LogP contribution < -0.4 is 14.4 Å². The molecule has 1 atom stereocenters. The quantitative estimate of drug-likeness (QED) is 0.312. The molecule has 8 nitrogen and oxygen atoms in total. The Balaban J connectivity index is 1.76. The first-order valence-electron chi connectivity index (χ1n) is 14.6. The van der Waals surface area contributed by atoms with E-state index in [9.17, 15) is 22.4 Å². The summed E-state index contributed by atoms with van der Waals surface area (Å²) in [4.78, 5) is 29.6. The zero-order valence-electron chi connectivity index (χ0n) is 25.0. The molecule has 0 bridgehead atoms. The molecule has 0 spiro atoms. The number of methoxy groups -OCH3 is 1. The van der Waals surface area contributed by atoms with Gasteiger partial charge in [0, 0.05) is 24.6 Å². The standard InChI is InChI=1S/C33H40FN3O5S/c1-24-18-19-31(42-2)29(20-24)37(43(3,40)41)23-32(38)36(22-26-14-10-11-17-28(26)34)30(21-25-12-6-4-7-13-25)33(39)35-27-15-8-5-9-16-27/h4,6-7,10-14,17-20,27,30H,5,8-9,15-16,21-23H2,1-3H3,(H,35,39)/t30-/m0/s1. The summed E-state index contributed by atoms with van der Waals surface area (Å²) in [6.45, 7) is 0.986. The fourth-order valence-corrected chi connectivity index (χ4v) is 6.34. The average Bonchev–Trinajstić information content (AvgIpc) is 2.99. The van der Waals surface area contributed by atoms with E-state index in [1.54, 1.807) is 43.3 Å². The van der Waals surface area contributed by atoms with Crippen LogP contribution in [0.1, 0.15) is 48.8 Å². The number of benzene rings is 3. The van der Waals surface area contributed by atoms with Gasteiger partial charge in [0.1, 0.15) is 24.2 Å². The second-order valence-electron chi connectivity index (χ2n) is 11.1. The van der Waals surface area contributed by atoms with Gasteiger partial charge in [-0.3, -0.25) is 13.9 Å². The third kappa shape index (κ3) is 8.56. The van der Waals surface area contributed by atoms with Gasteiger partial charge >= 0.3 is 0 Å². The van der Waals surface area contributed by atoms with E-state index in [1.165, 1.54) is 18.1 Å².